The predicted octanol–water partition coefficient (Wildman–Crippen LogP) is 0.945. The number of hydrogen-bond acceptors (Lipinski definition) is 5. The lowest BCUT2D eigenvalue weighted by Crippen LogP contribution is -2.14. The van der Waals surface area contributed by atoms with Gasteiger partial charge in [-0.2, -0.15) is 0 Å². The Morgan fingerprint density at radius 3 is 2.53 bits per heavy atom. The van der Waals surface area contributed by atoms with Gasteiger partial charge < -0.3 is 19.3 Å². The molecule has 0 atom stereocenters. The number of carboxylic acids is 1. The summed E-state index contributed by atoms with van der Waals surface area (Å²) >= 11 is 0. The van der Waals surface area contributed by atoms with Gasteiger partial charge in [-0.05, 0) is 18.2 Å². The van der Waals surface area contributed by atoms with Gasteiger partial charge in [-0.1, -0.05) is 0 Å². The molecule has 0 aromatic heterocycles. The third kappa shape index (κ3) is 3.37. The fourth-order valence-electron chi connectivity index (χ4n) is 1.12. The van der Waals surface area contributed by atoms with Crippen molar-refractivity contribution in [3.63, 3.8) is 0 Å². The minimum absolute atomic E-state index is 0.0757. The molecule has 92 valence electrons. The summed E-state index contributed by atoms with van der Waals surface area (Å²) in [6.07, 6.45) is 0. The van der Waals surface area contributed by atoms with E-state index in [4.69, 9.17) is 14.6 Å². The third-order valence-corrected chi connectivity index (χ3v) is 1.99. The van der Waals surface area contributed by atoms with Crippen molar-refractivity contribution in [3.05, 3.63) is 23.8 Å². The molecule has 0 bridgehead atoms. The highest BCUT2D eigenvalue weighted by atomic mass is 16.6. The largest absolute Gasteiger partial charge is 0.497 e. The van der Waals surface area contributed by atoms with Crippen LogP contribution in [-0.2, 0) is 9.53 Å². The Kier molecular flexibility index (Phi) is 4.33. The molecule has 1 rings (SSSR count). The van der Waals surface area contributed by atoms with Crippen LogP contribution in [0.2, 0.25) is 0 Å². The molecule has 0 radical (unpaired) electrons. The van der Waals surface area contributed by atoms with E-state index < -0.39 is 11.9 Å². The number of hydrogen-bond donors (Lipinski definition) is 1. The van der Waals surface area contributed by atoms with Crippen LogP contribution in [0.25, 0.3) is 0 Å². The summed E-state index contributed by atoms with van der Waals surface area (Å²) in [5.41, 5.74) is -0.0757. The van der Waals surface area contributed by atoms with Crippen LogP contribution in [0.5, 0.6) is 11.5 Å². The van der Waals surface area contributed by atoms with E-state index in [1.54, 1.807) is 6.07 Å². The highest BCUT2D eigenvalue weighted by Gasteiger charge is 2.14. The maximum atomic E-state index is 11.0. The van der Waals surface area contributed by atoms with Crippen molar-refractivity contribution in [2.45, 2.75) is 0 Å². The zero-order chi connectivity index (χ0) is 12.8. The van der Waals surface area contributed by atoms with Gasteiger partial charge in [0.1, 0.15) is 17.1 Å². The summed E-state index contributed by atoms with van der Waals surface area (Å²) in [4.78, 5) is 21.8. The Labute approximate surface area is 97.7 Å². The molecule has 0 saturated heterocycles. The first-order chi connectivity index (χ1) is 8.08. The molecular weight excluding hydrogens is 228 g/mol. The zero-order valence-corrected chi connectivity index (χ0v) is 9.43. The van der Waals surface area contributed by atoms with Gasteiger partial charge in [0.25, 0.3) is 0 Å². The van der Waals surface area contributed by atoms with E-state index in [1.807, 2.05) is 0 Å². The minimum Gasteiger partial charge on any atom is -0.497 e. The molecule has 1 N–H and O–H groups in total. The van der Waals surface area contributed by atoms with E-state index in [2.05, 4.69) is 4.74 Å². The van der Waals surface area contributed by atoms with Gasteiger partial charge in [-0.25, -0.2) is 9.59 Å². The Morgan fingerprint density at radius 2 is 2.00 bits per heavy atom. The molecular formula is C11H12O6. The number of methoxy groups -OCH3 is 2. The molecule has 0 amide bonds. The van der Waals surface area contributed by atoms with Crippen molar-refractivity contribution in [1.82, 2.24) is 0 Å². The molecule has 1 aromatic rings. The molecule has 0 aliphatic heterocycles. The molecule has 0 saturated carbocycles. The Balaban J connectivity index is 2.90. The normalized spacial score (nSPS) is 9.53. The van der Waals surface area contributed by atoms with Crippen molar-refractivity contribution >= 4 is 11.9 Å². The van der Waals surface area contributed by atoms with Crippen LogP contribution in [0.15, 0.2) is 18.2 Å². The van der Waals surface area contributed by atoms with Crippen molar-refractivity contribution in [1.29, 1.82) is 0 Å². The maximum Gasteiger partial charge on any atom is 0.343 e. The zero-order valence-electron chi connectivity index (χ0n) is 9.43. The van der Waals surface area contributed by atoms with Gasteiger partial charge in [0.15, 0.2) is 6.61 Å². The first kappa shape index (κ1) is 12.8. The topological polar surface area (TPSA) is 82.1 Å². The van der Waals surface area contributed by atoms with Crippen LogP contribution >= 0.6 is 0 Å². The number of carbonyl (C=O) groups excluding carboxylic acids is 1. The number of ether oxygens (including phenoxy) is 3. The lowest BCUT2D eigenvalue weighted by molar-refractivity contribution is -0.142. The van der Waals surface area contributed by atoms with Crippen LogP contribution in [0, 0.1) is 0 Å². The van der Waals surface area contributed by atoms with E-state index in [9.17, 15) is 9.59 Å². The van der Waals surface area contributed by atoms with E-state index >= 15 is 0 Å². The van der Waals surface area contributed by atoms with Gasteiger partial charge in [0.2, 0.25) is 0 Å². The van der Waals surface area contributed by atoms with Crippen LogP contribution in [0.3, 0.4) is 0 Å². The fraction of sp³-hybridized carbons (Fsp3) is 0.273. The van der Waals surface area contributed by atoms with Crippen molar-refractivity contribution in [2.24, 2.45) is 0 Å². The molecule has 0 fully saturated rings. The second-order valence-electron chi connectivity index (χ2n) is 3.03. The molecule has 1 aromatic carbocycles. The highest BCUT2D eigenvalue weighted by Crippen LogP contribution is 2.24. The predicted molar refractivity (Wildman–Crippen MR) is 57.5 cm³/mol. The van der Waals surface area contributed by atoms with Gasteiger partial charge in [0.05, 0.1) is 14.2 Å². The summed E-state index contributed by atoms with van der Waals surface area (Å²) in [7, 11) is 2.65. The van der Waals surface area contributed by atoms with Gasteiger partial charge in [-0.3, -0.25) is 0 Å². The lowest BCUT2D eigenvalue weighted by Gasteiger charge is -2.09. The SMILES string of the molecule is COC(=O)COc1ccc(OC)cc1C(=O)O. The number of aromatic carboxylic acids is 1. The standard InChI is InChI=1S/C11H12O6/c1-15-7-3-4-9(8(5-7)11(13)14)17-6-10(12)16-2/h3-5H,6H2,1-2H3,(H,13,14). The van der Waals surface area contributed by atoms with E-state index in [1.165, 1.54) is 26.4 Å². The number of esters is 1. The van der Waals surface area contributed by atoms with Crippen LogP contribution in [-0.4, -0.2) is 37.9 Å². The van der Waals surface area contributed by atoms with E-state index in [0.717, 1.165) is 0 Å². The Hall–Kier alpha value is -2.24. The molecule has 6 heteroatoms. The molecule has 0 spiro atoms. The molecule has 0 heterocycles. The molecule has 0 unspecified atom stereocenters. The molecule has 17 heavy (non-hydrogen) atoms. The summed E-state index contributed by atoms with van der Waals surface area (Å²) in [6, 6.07) is 4.28. The second-order valence-corrected chi connectivity index (χ2v) is 3.03. The quantitative estimate of drug-likeness (QED) is 0.771. The van der Waals surface area contributed by atoms with Crippen molar-refractivity contribution in [2.75, 3.05) is 20.8 Å². The summed E-state index contributed by atoms with van der Waals surface area (Å²) in [5, 5.41) is 8.96. The Morgan fingerprint density at radius 1 is 1.29 bits per heavy atom. The molecule has 0 aliphatic carbocycles. The van der Waals surface area contributed by atoms with E-state index in [-0.39, 0.29) is 17.9 Å². The smallest absolute Gasteiger partial charge is 0.343 e. The van der Waals surface area contributed by atoms with Crippen LogP contribution in [0.1, 0.15) is 10.4 Å². The van der Waals surface area contributed by atoms with E-state index in [0.29, 0.717) is 5.75 Å². The van der Waals surface area contributed by atoms with Gasteiger partial charge in [0, 0.05) is 0 Å². The number of benzene rings is 1. The summed E-state index contributed by atoms with van der Waals surface area (Å²) in [6.45, 7) is -0.344. The average molecular weight is 240 g/mol. The Bertz CT molecular complexity index is 426. The first-order valence-corrected chi connectivity index (χ1v) is 4.69. The molecule has 6 nitrogen and oxygen atoms in total. The number of carboxylic acid groups (broad SMARTS) is 1. The van der Waals surface area contributed by atoms with Crippen molar-refractivity contribution < 1.29 is 28.9 Å². The third-order valence-electron chi connectivity index (χ3n) is 1.99. The second kappa shape index (κ2) is 5.74. The highest BCUT2D eigenvalue weighted by molar-refractivity contribution is 5.91. The summed E-state index contributed by atoms with van der Waals surface area (Å²) in [5.74, 6) is -1.27. The minimum atomic E-state index is -1.16. The fourth-order valence-corrected chi connectivity index (χ4v) is 1.12. The number of carbonyl (C=O) groups is 2. The summed E-state index contributed by atoms with van der Waals surface area (Å²) < 4.78 is 14.3. The lowest BCUT2D eigenvalue weighted by atomic mass is 10.2. The van der Waals surface area contributed by atoms with Gasteiger partial charge >= 0.3 is 11.9 Å². The maximum absolute atomic E-state index is 11.0. The monoisotopic (exact) mass is 240 g/mol. The van der Waals surface area contributed by atoms with Crippen LogP contribution in [0.4, 0.5) is 0 Å². The van der Waals surface area contributed by atoms with Gasteiger partial charge in [-0.15, -0.1) is 0 Å². The first-order valence-electron chi connectivity index (χ1n) is 4.69. The van der Waals surface area contributed by atoms with Crippen LogP contribution < -0.4 is 9.47 Å². The molecule has 0 aliphatic rings. The van der Waals surface area contributed by atoms with Crippen molar-refractivity contribution in [3.8, 4) is 11.5 Å². The average Bonchev–Trinajstić information content (AvgIpc) is 2.35. The number of rotatable bonds is 5.